The zero-order valence-corrected chi connectivity index (χ0v) is 16.6. The van der Waals surface area contributed by atoms with Gasteiger partial charge in [0.05, 0.1) is 10.7 Å². The van der Waals surface area contributed by atoms with Crippen LogP contribution in [-0.4, -0.2) is 0 Å². The van der Waals surface area contributed by atoms with E-state index in [9.17, 15) is 0 Å². The van der Waals surface area contributed by atoms with E-state index >= 15 is 0 Å². The van der Waals surface area contributed by atoms with E-state index in [-0.39, 0.29) is 0 Å². The summed E-state index contributed by atoms with van der Waals surface area (Å²) in [5.74, 6) is 0. The molecule has 0 aromatic heterocycles. The lowest BCUT2D eigenvalue weighted by Gasteiger charge is -2.12. The summed E-state index contributed by atoms with van der Waals surface area (Å²) in [5.41, 5.74) is 2.17. The van der Waals surface area contributed by atoms with E-state index in [4.69, 9.17) is 11.6 Å². The SMILES string of the molecule is Clc1ccc(CNc2c(Br)cc(Br)cc2Br)cc1Br. The van der Waals surface area contributed by atoms with Crippen LogP contribution in [0.15, 0.2) is 48.2 Å². The van der Waals surface area contributed by atoms with Crippen molar-refractivity contribution in [1.29, 1.82) is 0 Å². The van der Waals surface area contributed by atoms with Crippen LogP contribution in [0.1, 0.15) is 5.56 Å². The van der Waals surface area contributed by atoms with Crippen LogP contribution < -0.4 is 5.32 Å². The minimum atomic E-state index is 0.717. The molecule has 2 aromatic rings. The van der Waals surface area contributed by atoms with Gasteiger partial charge >= 0.3 is 0 Å². The number of hydrogen-bond donors (Lipinski definition) is 1. The molecule has 1 N–H and O–H groups in total. The summed E-state index contributed by atoms with van der Waals surface area (Å²) in [5, 5.41) is 4.11. The summed E-state index contributed by atoms with van der Waals surface area (Å²) in [7, 11) is 0. The fourth-order valence-corrected chi connectivity index (χ4v) is 4.63. The molecular formula is C13H8Br4ClN. The van der Waals surface area contributed by atoms with E-state index in [1.807, 2.05) is 30.3 Å². The first-order valence-electron chi connectivity index (χ1n) is 5.29. The average molecular weight is 533 g/mol. The maximum atomic E-state index is 5.98. The number of benzene rings is 2. The Labute approximate surface area is 150 Å². The molecule has 0 bridgehead atoms. The molecule has 0 atom stereocenters. The molecule has 19 heavy (non-hydrogen) atoms. The van der Waals surface area contributed by atoms with Gasteiger partial charge in [-0.3, -0.25) is 0 Å². The monoisotopic (exact) mass is 529 g/mol. The highest BCUT2D eigenvalue weighted by Gasteiger charge is 2.07. The lowest BCUT2D eigenvalue weighted by atomic mass is 10.2. The zero-order chi connectivity index (χ0) is 14.0. The largest absolute Gasteiger partial charge is 0.379 e. The number of halogens is 5. The molecule has 0 saturated carbocycles. The third-order valence-corrected chi connectivity index (χ3v) is 5.38. The van der Waals surface area contributed by atoms with Crippen LogP contribution in [0.4, 0.5) is 5.69 Å². The Balaban J connectivity index is 2.16. The predicted octanol–water partition coefficient (Wildman–Crippen LogP) is 7.00. The minimum absolute atomic E-state index is 0.717. The van der Waals surface area contributed by atoms with Crippen LogP contribution in [0.2, 0.25) is 5.02 Å². The molecule has 0 aliphatic carbocycles. The highest BCUT2D eigenvalue weighted by atomic mass is 79.9. The topological polar surface area (TPSA) is 12.0 Å². The van der Waals surface area contributed by atoms with E-state index in [2.05, 4.69) is 69.0 Å². The van der Waals surface area contributed by atoms with Crippen molar-refractivity contribution in [3.63, 3.8) is 0 Å². The molecule has 0 amide bonds. The second kappa shape index (κ2) is 6.94. The molecule has 100 valence electrons. The summed E-state index contributed by atoms with van der Waals surface area (Å²) in [6.07, 6.45) is 0. The highest BCUT2D eigenvalue weighted by Crippen LogP contribution is 2.34. The Bertz CT molecular complexity index is 593. The molecule has 0 heterocycles. The first-order chi connectivity index (χ1) is 8.97. The lowest BCUT2D eigenvalue weighted by Crippen LogP contribution is -2.01. The van der Waals surface area contributed by atoms with Gasteiger partial charge in [-0.1, -0.05) is 33.6 Å². The lowest BCUT2D eigenvalue weighted by molar-refractivity contribution is 1.14. The van der Waals surface area contributed by atoms with Gasteiger partial charge in [0, 0.05) is 24.4 Å². The second-order valence-electron chi connectivity index (χ2n) is 3.85. The third-order valence-electron chi connectivity index (χ3n) is 2.46. The van der Waals surface area contributed by atoms with E-state index in [0.717, 1.165) is 34.2 Å². The van der Waals surface area contributed by atoms with E-state index in [1.165, 1.54) is 0 Å². The van der Waals surface area contributed by atoms with Crippen molar-refractivity contribution in [3.8, 4) is 0 Å². The van der Waals surface area contributed by atoms with Gasteiger partial charge in [-0.15, -0.1) is 0 Å². The van der Waals surface area contributed by atoms with Crippen LogP contribution in [0.5, 0.6) is 0 Å². The Morgan fingerprint density at radius 3 is 2.11 bits per heavy atom. The number of rotatable bonds is 3. The van der Waals surface area contributed by atoms with Gasteiger partial charge in [0.15, 0.2) is 0 Å². The summed E-state index contributed by atoms with van der Waals surface area (Å²) in [6.45, 7) is 0.717. The maximum absolute atomic E-state index is 5.98. The van der Waals surface area contributed by atoms with Crippen molar-refractivity contribution in [2.45, 2.75) is 6.54 Å². The standard InChI is InChI=1S/C13H8Br4ClN/c14-8-4-10(16)13(11(17)5-8)19-6-7-1-2-12(18)9(15)3-7/h1-5,19H,6H2. The van der Waals surface area contributed by atoms with Crippen LogP contribution in [-0.2, 0) is 6.54 Å². The summed E-state index contributed by atoms with van der Waals surface area (Å²) in [4.78, 5) is 0. The Morgan fingerprint density at radius 1 is 0.895 bits per heavy atom. The minimum Gasteiger partial charge on any atom is -0.379 e. The van der Waals surface area contributed by atoms with E-state index in [1.54, 1.807) is 0 Å². The van der Waals surface area contributed by atoms with Crippen molar-refractivity contribution in [2.24, 2.45) is 0 Å². The van der Waals surface area contributed by atoms with Crippen LogP contribution in [0.3, 0.4) is 0 Å². The van der Waals surface area contributed by atoms with Crippen LogP contribution in [0, 0.1) is 0 Å². The maximum Gasteiger partial charge on any atom is 0.0632 e. The predicted molar refractivity (Wildman–Crippen MR) is 96.0 cm³/mol. The molecule has 2 aromatic carbocycles. The van der Waals surface area contributed by atoms with Gasteiger partial charge < -0.3 is 5.32 Å². The smallest absolute Gasteiger partial charge is 0.0632 e. The molecule has 0 aliphatic heterocycles. The second-order valence-corrected chi connectivity index (χ2v) is 7.73. The molecule has 2 rings (SSSR count). The van der Waals surface area contributed by atoms with Crippen molar-refractivity contribution in [2.75, 3.05) is 5.32 Å². The van der Waals surface area contributed by atoms with Crippen molar-refractivity contribution < 1.29 is 0 Å². The number of hydrogen-bond acceptors (Lipinski definition) is 1. The third kappa shape index (κ3) is 4.21. The Morgan fingerprint density at radius 2 is 1.53 bits per heavy atom. The number of anilines is 1. The van der Waals surface area contributed by atoms with E-state index < -0.39 is 0 Å². The molecule has 0 fully saturated rings. The Hall–Kier alpha value is 0.450. The molecule has 6 heteroatoms. The first kappa shape index (κ1) is 15.8. The molecule has 0 radical (unpaired) electrons. The van der Waals surface area contributed by atoms with Gasteiger partial charge in [-0.25, -0.2) is 0 Å². The summed E-state index contributed by atoms with van der Waals surface area (Å²) >= 11 is 19.9. The fourth-order valence-electron chi connectivity index (χ4n) is 1.55. The summed E-state index contributed by atoms with van der Waals surface area (Å²) < 4.78 is 3.93. The molecular weight excluding hydrogens is 525 g/mol. The molecule has 0 saturated heterocycles. The van der Waals surface area contributed by atoms with Gasteiger partial charge in [0.2, 0.25) is 0 Å². The van der Waals surface area contributed by atoms with Crippen LogP contribution >= 0.6 is 75.3 Å². The fraction of sp³-hybridized carbons (Fsp3) is 0.0769. The van der Waals surface area contributed by atoms with Crippen LogP contribution in [0.25, 0.3) is 0 Å². The highest BCUT2D eigenvalue weighted by molar-refractivity contribution is 9.11. The first-order valence-corrected chi connectivity index (χ1v) is 8.84. The zero-order valence-electron chi connectivity index (χ0n) is 9.48. The van der Waals surface area contributed by atoms with Gasteiger partial charge in [0.1, 0.15) is 0 Å². The Kier molecular flexibility index (Phi) is 5.78. The molecule has 0 aliphatic rings. The van der Waals surface area contributed by atoms with Gasteiger partial charge in [0.25, 0.3) is 0 Å². The van der Waals surface area contributed by atoms with E-state index in [0.29, 0.717) is 6.54 Å². The van der Waals surface area contributed by atoms with Crippen molar-refractivity contribution in [1.82, 2.24) is 0 Å². The average Bonchev–Trinajstić information content (AvgIpc) is 2.32. The molecule has 0 unspecified atom stereocenters. The van der Waals surface area contributed by atoms with Crippen molar-refractivity contribution >= 4 is 81.0 Å². The quantitative estimate of drug-likeness (QED) is 0.448. The normalized spacial score (nSPS) is 10.6. The van der Waals surface area contributed by atoms with Crippen molar-refractivity contribution in [3.05, 3.63) is 58.8 Å². The molecule has 0 spiro atoms. The van der Waals surface area contributed by atoms with Gasteiger partial charge in [-0.2, -0.15) is 0 Å². The van der Waals surface area contributed by atoms with Gasteiger partial charge in [-0.05, 0) is 77.6 Å². The molecule has 1 nitrogen and oxygen atoms in total. The number of nitrogens with one attached hydrogen (secondary N) is 1. The summed E-state index contributed by atoms with van der Waals surface area (Å²) in [6, 6.07) is 9.90.